The number of anilines is 2. The number of ether oxygens (including phenoxy) is 1. The van der Waals surface area contributed by atoms with Crippen molar-refractivity contribution in [2.45, 2.75) is 26.6 Å². The largest absolute Gasteiger partial charge is 0.489 e. The van der Waals surface area contributed by atoms with E-state index in [9.17, 15) is 4.79 Å². The molecule has 0 aliphatic carbocycles. The molecule has 1 atom stereocenters. The second-order valence-corrected chi connectivity index (χ2v) is 8.89. The van der Waals surface area contributed by atoms with E-state index in [0.717, 1.165) is 33.8 Å². The van der Waals surface area contributed by atoms with E-state index in [1.54, 1.807) is 0 Å². The summed E-state index contributed by atoms with van der Waals surface area (Å²) in [5.74, 6) is 0.714. The van der Waals surface area contributed by atoms with Crippen molar-refractivity contribution in [1.29, 1.82) is 0 Å². The Morgan fingerprint density at radius 3 is 2.38 bits per heavy atom. The van der Waals surface area contributed by atoms with Crippen LogP contribution in [0.25, 0.3) is 0 Å². The Balaban J connectivity index is 1.45. The first kappa shape index (κ1) is 22.1. The molecular formula is C29H25ClN2O2. The second-order valence-electron chi connectivity index (χ2n) is 8.49. The summed E-state index contributed by atoms with van der Waals surface area (Å²) in [5.41, 5.74) is 6.59. The van der Waals surface area contributed by atoms with Crippen molar-refractivity contribution < 1.29 is 9.53 Å². The fourth-order valence-corrected chi connectivity index (χ4v) is 4.34. The van der Waals surface area contributed by atoms with Crippen molar-refractivity contribution in [1.82, 2.24) is 0 Å². The molecule has 0 spiro atoms. The highest BCUT2D eigenvalue weighted by molar-refractivity contribution is 6.31. The average Bonchev–Trinajstić information content (AvgIpc) is 2.86. The van der Waals surface area contributed by atoms with Gasteiger partial charge < -0.3 is 10.1 Å². The zero-order valence-electron chi connectivity index (χ0n) is 19.1. The SMILES string of the molecule is Cc1ccc(N2C(=O)c3ccccc3N[C@H]2c2ccc(OCc3ccccc3Cl)cc2)cc1C. The van der Waals surface area contributed by atoms with Crippen molar-refractivity contribution in [3.63, 3.8) is 0 Å². The molecule has 0 saturated carbocycles. The molecular weight excluding hydrogens is 444 g/mol. The van der Waals surface area contributed by atoms with Crippen molar-refractivity contribution in [2.75, 3.05) is 10.2 Å². The molecule has 0 radical (unpaired) electrons. The quantitative estimate of drug-likeness (QED) is 0.334. The molecule has 1 aliphatic rings. The number of hydrogen-bond donors (Lipinski definition) is 1. The van der Waals surface area contributed by atoms with Gasteiger partial charge in [-0.3, -0.25) is 9.69 Å². The normalized spacial score (nSPS) is 15.0. The summed E-state index contributed by atoms with van der Waals surface area (Å²) in [4.78, 5) is 15.4. The minimum Gasteiger partial charge on any atom is -0.489 e. The molecule has 4 aromatic carbocycles. The van der Waals surface area contributed by atoms with E-state index < -0.39 is 0 Å². The highest BCUT2D eigenvalue weighted by atomic mass is 35.5. The lowest BCUT2D eigenvalue weighted by atomic mass is 10.0. The molecule has 1 amide bonds. The van der Waals surface area contributed by atoms with Crippen LogP contribution in [0.2, 0.25) is 5.02 Å². The number of halogens is 1. The number of nitrogens with one attached hydrogen (secondary N) is 1. The Labute approximate surface area is 204 Å². The van der Waals surface area contributed by atoms with Crippen LogP contribution in [-0.2, 0) is 6.61 Å². The van der Waals surface area contributed by atoms with E-state index in [2.05, 4.69) is 31.3 Å². The number of hydrogen-bond acceptors (Lipinski definition) is 3. The van der Waals surface area contributed by atoms with Crippen molar-refractivity contribution in [2.24, 2.45) is 0 Å². The Morgan fingerprint density at radius 1 is 0.882 bits per heavy atom. The van der Waals surface area contributed by atoms with Crippen LogP contribution >= 0.6 is 11.6 Å². The van der Waals surface area contributed by atoms with Gasteiger partial charge in [-0.1, -0.05) is 60.1 Å². The van der Waals surface area contributed by atoms with E-state index in [1.807, 2.05) is 83.8 Å². The molecule has 5 heteroatoms. The summed E-state index contributed by atoms with van der Waals surface area (Å²) in [6.45, 7) is 4.53. The van der Waals surface area contributed by atoms with Crippen LogP contribution < -0.4 is 15.0 Å². The molecule has 0 unspecified atom stereocenters. The maximum Gasteiger partial charge on any atom is 0.262 e. The van der Waals surface area contributed by atoms with Crippen LogP contribution in [0.1, 0.15) is 38.8 Å². The Morgan fingerprint density at radius 2 is 1.62 bits per heavy atom. The average molecular weight is 469 g/mol. The molecule has 170 valence electrons. The maximum atomic E-state index is 13.6. The van der Waals surface area contributed by atoms with Crippen LogP contribution in [0.15, 0.2) is 91.0 Å². The lowest BCUT2D eigenvalue weighted by molar-refractivity contribution is 0.0975. The third-order valence-corrected chi connectivity index (χ3v) is 6.61. The first-order valence-electron chi connectivity index (χ1n) is 11.2. The Kier molecular flexibility index (Phi) is 5.99. The van der Waals surface area contributed by atoms with Gasteiger partial charge in [0.15, 0.2) is 0 Å². The molecule has 5 rings (SSSR count). The fraction of sp³-hybridized carbons (Fsp3) is 0.138. The molecule has 4 nitrogen and oxygen atoms in total. The van der Waals surface area contributed by atoms with Gasteiger partial charge in [-0.15, -0.1) is 0 Å². The zero-order valence-corrected chi connectivity index (χ0v) is 19.8. The molecule has 34 heavy (non-hydrogen) atoms. The molecule has 1 heterocycles. The van der Waals surface area contributed by atoms with Gasteiger partial charge in [-0.25, -0.2) is 0 Å². The van der Waals surface area contributed by atoms with Crippen LogP contribution in [-0.4, -0.2) is 5.91 Å². The number of carbonyl (C=O) groups is 1. The van der Waals surface area contributed by atoms with Crippen molar-refractivity contribution >= 4 is 28.9 Å². The number of benzene rings is 4. The van der Waals surface area contributed by atoms with Crippen LogP contribution in [0, 0.1) is 13.8 Å². The summed E-state index contributed by atoms with van der Waals surface area (Å²) < 4.78 is 5.95. The zero-order chi connectivity index (χ0) is 23.7. The second kappa shape index (κ2) is 9.24. The van der Waals surface area contributed by atoms with E-state index in [1.165, 1.54) is 5.56 Å². The number of nitrogens with zero attached hydrogens (tertiary/aromatic N) is 1. The number of carbonyl (C=O) groups excluding carboxylic acids is 1. The number of rotatable bonds is 5. The third kappa shape index (κ3) is 4.25. The molecule has 0 saturated heterocycles. The molecule has 0 fully saturated rings. The lowest BCUT2D eigenvalue weighted by Gasteiger charge is -2.38. The molecule has 1 N–H and O–H groups in total. The summed E-state index contributed by atoms with van der Waals surface area (Å²) >= 11 is 6.24. The topological polar surface area (TPSA) is 41.6 Å². The highest BCUT2D eigenvalue weighted by Gasteiger charge is 2.34. The predicted molar refractivity (Wildman–Crippen MR) is 138 cm³/mol. The molecule has 0 aromatic heterocycles. The van der Waals surface area contributed by atoms with Crippen molar-refractivity contribution in [3.8, 4) is 5.75 Å². The van der Waals surface area contributed by atoms with Gasteiger partial charge in [0.05, 0.1) is 5.56 Å². The van der Waals surface area contributed by atoms with Gasteiger partial charge in [-0.2, -0.15) is 0 Å². The number of fused-ring (bicyclic) bond motifs is 1. The summed E-state index contributed by atoms with van der Waals surface area (Å²) in [7, 11) is 0. The third-order valence-electron chi connectivity index (χ3n) is 6.24. The van der Waals surface area contributed by atoms with Crippen LogP contribution in [0.4, 0.5) is 11.4 Å². The minimum atomic E-state index is -0.345. The van der Waals surface area contributed by atoms with Crippen LogP contribution in [0.3, 0.4) is 0 Å². The minimum absolute atomic E-state index is 0.0263. The van der Waals surface area contributed by atoms with Gasteiger partial charge in [0, 0.05) is 22.0 Å². The van der Waals surface area contributed by atoms with Gasteiger partial charge >= 0.3 is 0 Å². The fourth-order valence-electron chi connectivity index (χ4n) is 4.15. The first-order chi connectivity index (χ1) is 16.5. The van der Waals surface area contributed by atoms with E-state index in [4.69, 9.17) is 16.3 Å². The van der Waals surface area contributed by atoms with Crippen LogP contribution in [0.5, 0.6) is 5.75 Å². The standard InChI is InChI=1S/C29H25ClN2O2/c1-19-11-14-23(17-20(19)2)32-28(31-27-10-6-4-8-25(27)29(32)33)21-12-15-24(16-13-21)34-18-22-7-3-5-9-26(22)30/h3-17,28,31H,18H2,1-2H3/t28-/m1/s1. The molecule has 4 aromatic rings. The Bertz CT molecular complexity index is 1350. The van der Waals surface area contributed by atoms with Crippen molar-refractivity contribution in [3.05, 3.63) is 124 Å². The van der Waals surface area contributed by atoms with E-state index in [0.29, 0.717) is 17.2 Å². The molecule has 0 bridgehead atoms. The predicted octanol–water partition coefficient (Wildman–Crippen LogP) is 7.31. The van der Waals surface area contributed by atoms with Gasteiger partial charge in [0.25, 0.3) is 5.91 Å². The van der Waals surface area contributed by atoms with Gasteiger partial charge in [0.2, 0.25) is 0 Å². The highest BCUT2D eigenvalue weighted by Crippen LogP contribution is 2.37. The monoisotopic (exact) mass is 468 g/mol. The number of aryl methyl sites for hydroxylation is 2. The summed E-state index contributed by atoms with van der Waals surface area (Å²) in [5, 5.41) is 4.24. The van der Waals surface area contributed by atoms with E-state index >= 15 is 0 Å². The molecule has 1 aliphatic heterocycles. The van der Waals surface area contributed by atoms with Gasteiger partial charge in [0.1, 0.15) is 18.5 Å². The van der Waals surface area contributed by atoms with E-state index in [-0.39, 0.29) is 12.1 Å². The smallest absolute Gasteiger partial charge is 0.262 e. The number of para-hydroxylation sites is 1. The first-order valence-corrected chi connectivity index (χ1v) is 11.6. The number of amides is 1. The Hall–Kier alpha value is -3.76. The maximum absolute atomic E-state index is 13.6. The summed E-state index contributed by atoms with van der Waals surface area (Å²) in [6, 6.07) is 29.3. The van der Waals surface area contributed by atoms with Gasteiger partial charge in [-0.05, 0) is 73.0 Å². The lowest BCUT2D eigenvalue weighted by Crippen LogP contribution is -2.43. The summed E-state index contributed by atoms with van der Waals surface area (Å²) in [6.07, 6.45) is -0.345.